The van der Waals surface area contributed by atoms with Gasteiger partial charge in [-0.3, -0.25) is 0 Å². The summed E-state index contributed by atoms with van der Waals surface area (Å²) < 4.78 is 5.86. The molecule has 0 spiro atoms. The van der Waals surface area contributed by atoms with Crippen LogP contribution in [0.2, 0.25) is 0 Å². The molecule has 0 fully saturated rings. The molecule has 0 saturated heterocycles. The Morgan fingerprint density at radius 3 is 2.78 bits per heavy atom. The highest BCUT2D eigenvalue weighted by atomic mass is 32.1. The molecule has 1 nitrogen and oxygen atoms in total. The molecule has 0 radical (unpaired) electrons. The molecule has 0 unspecified atom stereocenters. The van der Waals surface area contributed by atoms with E-state index in [0.717, 1.165) is 15.2 Å². The average molecular weight is 159 g/mol. The second-order valence-corrected chi connectivity index (χ2v) is 2.64. The summed E-state index contributed by atoms with van der Waals surface area (Å²) in [5.41, 5.74) is 0. The van der Waals surface area contributed by atoms with E-state index in [4.69, 9.17) is 4.42 Å². The minimum absolute atomic E-state index is 0.797. The molecule has 3 heteroatoms. The third-order valence-electron chi connectivity index (χ3n) is 1.05. The fourth-order valence-electron chi connectivity index (χ4n) is 0.516. The van der Waals surface area contributed by atoms with Crippen LogP contribution in [0.15, 0.2) is 21.6 Å². The van der Waals surface area contributed by atoms with Gasteiger partial charge >= 0.3 is 0 Å². The first-order chi connectivity index (χ1) is 4.22. The van der Waals surface area contributed by atoms with Crippen molar-refractivity contribution in [2.75, 3.05) is 0 Å². The lowest BCUT2D eigenvalue weighted by Gasteiger charge is -1.89. The van der Waals surface area contributed by atoms with E-state index in [0.29, 0.717) is 0 Å². The molecule has 1 rings (SSSR count). The number of aryl methyl sites for hydroxylation is 1. The molecule has 0 aromatic carbocycles. The van der Waals surface area contributed by atoms with Crippen molar-refractivity contribution in [2.45, 2.75) is 11.8 Å². The Morgan fingerprint density at radius 1 is 1.67 bits per heavy atom. The van der Waals surface area contributed by atoms with E-state index in [1.54, 1.807) is 12.3 Å². The van der Waals surface area contributed by atoms with Gasteiger partial charge in [-0.2, -0.15) is 0 Å². The summed E-state index contributed by atoms with van der Waals surface area (Å²) in [6, 6.07) is 1.76. The number of rotatable bonds is 0. The van der Waals surface area contributed by atoms with Crippen LogP contribution in [-0.2, 0) is 12.2 Å². The molecule has 0 saturated carbocycles. The normalized spacial score (nSPS) is 9.56. The quantitative estimate of drug-likeness (QED) is 0.345. The summed E-state index contributed by atoms with van der Waals surface area (Å²) in [5.74, 6) is 0.797. The lowest BCUT2D eigenvalue weighted by atomic mass is 10.4. The van der Waals surface area contributed by atoms with E-state index in [9.17, 15) is 0 Å². The van der Waals surface area contributed by atoms with Crippen LogP contribution >= 0.6 is 12.6 Å². The van der Waals surface area contributed by atoms with Crippen LogP contribution in [0, 0.1) is 11.4 Å². The molecule has 9 heavy (non-hydrogen) atoms. The van der Waals surface area contributed by atoms with Gasteiger partial charge in [0.25, 0.3) is 0 Å². The minimum atomic E-state index is 0.797. The Kier molecular flexibility index (Phi) is 1.93. The monoisotopic (exact) mass is 159 g/mol. The molecule has 0 aliphatic carbocycles. The molecule has 1 aromatic rings. The van der Waals surface area contributed by atoms with Gasteiger partial charge in [0.2, 0.25) is 4.51 Å². The first kappa shape index (κ1) is 6.83. The predicted molar refractivity (Wildman–Crippen MR) is 42.7 cm³/mol. The van der Waals surface area contributed by atoms with Crippen molar-refractivity contribution in [2.24, 2.45) is 0 Å². The van der Waals surface area contributed by atoms with Crippen molar-refractivity contribution in [3.05, 3.63) is 22.6 Å². The van der Waals surface area contributed by atoms with Gasteiger partial charge in [-0.15, -0.1) is 12.6 Å². The lowest BCUT2D eigenvalue weighted by Crippen LogP contribution is -1.75. The summed E-state index contributed by atoms with van der Waals surface area (Å²) in [6.45, 7) is 1.85. The fourth-order valence-corrected chi connectivity index (χ4v) is 0.861. The molecule has 0 bridgehead atoms. The van der Waals surface area contributed by atoms with E-state index < -0.39 is 0 Å². The number of hydrogen-bond acceptors (Lipinski definition) is 2. The van der Waals surface area contributed by atoms with Crippen LogP contribution in [0.25, 0.3) is 0 Å². The van der Waals surface area contributed by atoms with Crippen molar-refractivity contribution >= 4 is 24.8 Å². The zero-order valence-corrected chi connectivity index (χ0v) is 6.75. The highest BCUT2D eigenvalue weighted by Crippen LogP contribution is 2.11. The highest BCUT2D eigenvalue weighted by molar-refractivity contribution is 7.80. The van der Waals surface area contributed by atoms with Crippen molar-refractivity contribution < 1.29 is 4.42 Å². The van der Waals surface area contributed by atoms with Crippen LogP contribution in [-0.4, -0.2) is 0 Å². The average Bonchev–Trinajstić information content (AvgIpc) is 1.83. The topological polar surface area (TPSA) is 13.1 Å². The SMILES string of the molecule is Cc1occc(=[SH+])c1S. The van der Waals surface area contributed by atoms with E-state index in [-0.39, 0.29) is 0 Å². The molecular formula is C6H7OS2+. The Bertz CT molecular complexity index is 264. The molecule has 0 amide bonds. The summed E-state index contributed by atoms with van der Waals surface area (Å²) in [4.78, 5) is 0.806. The maximum absolute atomic E-state index is 5.01. The van der Waals surface area contributed by atoms with Gasteiger partial charge in [0, 0.05) is 6.07 Å². The summed E-state index contributed by atoms with van der Waals surface area (Å²) in [7, 11) is 0. The molecule has 0 atom stereocenters. The van der Waals surface area contributed by atoms with E-state index in [1.165, 1.54) is 0 Å². The molecule has 1 aromatic heterocycles. The number of thiol groups is 2. The zero-order valence-electron chi connectivity index (χ0n) is 4.96. The van der Waals surface area contributed by atoms with Crippen molar-refractivity contribution in [3.8, 4) is 0 Å². The van der Waals surface area contributed by atoms with Crippen LogP contribution in [0.4, 0.5) is 0 Å². The Morgan fingerprint density at radius 2 is 2.33 bits per heavy atom. The largest absolute Gasteiger partial charge is 0.468 e. The summed E-state index contributed by atoms with van der Waals surface area (Å²) in [5, 5.41) is 0. The fraction of sp³-hybridized carbons (Fsp3) is 0.167. The predicted octanol–water partition coefficient (Wildman–Crippen LogP) is 1.69. The Labute approximate surface area is 64.1 Å². The molecule has 48 valence electrons. The standard InChI is InChI=1S/C6H6OS2/c1-4-6(9)5(8)2-3-7-4/h2-3,9H,1H3/p+1. The van der Waals surface area contributed by atoms with Crippen molar-refractivity contribution in [1.82, 2.24) is 0 Å². The maximum Gasteiger partial charge on any atom is 0.241 e. The van der Waals surface area contributed by atoms with E-state index >= 15 is 0 Å². The van der Waals surface area contributed by atoms with Gasteiger partial charge in [-0.05, 0) is 6.92 Å². The smallest absolute Gasteiger partial charge is 0.241 e. The van der Waals surface area contributed by atoms with Crippen LogP contribution < -0.4 is 0 Å². The third-order valence-corrected chi connectivity index (χ3v) is 2.15. The lowest BCUT2D eigenvalue weighted by molar-refractivity contribution is 0.500. The van der Waals surface area contributed by atoms with E-state index in [2.05, 4.69) is 24.8 Å². The van der Waals surface area contributed by atoms with Gasteiger partial charge in [0.05, 0.1) is 6.26 Å². The first-order valence-electron chi connectivity index (χ1n) is 2.51. The van der Waals surface area contributed by atoms with Crippen molar-refractivity contribution in [3.63, 3.8) is 0 Å². The summed E-state index contributed by atoms with van der Waals surface area (Å²) >= 11 is 8.27. The molecule has 1 heterocycles. The molecule has 0 aliphatic rings. The van der Waals surface area contributed by atoms with E-state index in [1.807, 2.05) is 6.92 Å². The number of hydrogen-bond donors (Lipinski definition) is 1. The molecule has 0 aliphatic heterocycles. The van der Waals surface area contributed by atoms with Gasteiger partial charge in [0.1, 0.15) is 10.7 Å². The second kappa shape index (κ2) is 2.54. The Balaban J connectivity index is 3.43. The van der Waals surface area contributed by atoms with Gasteiger partial charge in [-0.1, -0.05) is 0 Å². The zero-order chi connectivity index (χ0) is 6.85. The molecular weight excluding hydrogens is 152 g/mol. The minimum Gasteiger partial charge on any atom is -0.468 e. The maximum atomic E-state index is 5.01. The van der Waals surface area contributed by atoms with Gasteiger partial charge in [-0.25, -0.2) is 0 Å². The van der Waals surface area contributed by atoms with Gasteiger partial charge < -0.3 is 4.42 Å². The first-order valence-corrected chi connectivity index (χ1v) is 3.40. The molecule has 0 N–H and O–H groups in total. The summed E-state index contributed by atoms with van der Waals surface area (Å²) in [6.07, 6.45) is 1.59. The van der Waals surface area contributed by atoms with Crippen LogP contribution in [0.5, 0.6) is 0 Å². The van der Waals surface area contributed by atoms with Crippen LogP contribution in [0.1, 0.15) is 5.76 Å². The second-order valence-electron chi connectivity index (χ2n) is 1.71. The van der Waals surface area contributed by atoms with Crippen LogP contribution in [0.3, 0.4) is 0 Å². The van der Waals surface area contributed by atoms with Crippen molar-refractivity contribution in [1.29, 1.82) is 0 Å². The highest BCUT2D eigenvalue weighted by Gasteiger charge is 1.98. The van der Waals surface area contributed by atoms with Gasteiger partial charge in [0.15, 0.2) is 12.2 Å². The Hall–Kier alpha value is -0.280. The third kappa shape index (κ3) is 1.34.